The Kier molecular flexibility index (Phi) is 2.67. The fourth-order valence-electron chi connectivity index (χ4n) is 1.71. The van der Waals surface area contributed by atoms with Crippen LogP contribution in [0.25, 0.3) is 0 Å². The van der Waals surface area contributed by atoms with Crippen molar-refractivity contribution in [1.82, 2.24) is 15.5 Å². The van der Waals surface area contributed by atoms with Gasteiger partial charge in [0.1, 0.15) is 0 Å². The number of nitrogens with one attached hydrogen (secondary N) is 2. The van der Waals surface area contributed by atoms with E-state index in [4.69, 9.17) is 0 Å². The van der Waals surface area contributed by atoms with E-state index in [1.807, 2.05) is 0 Å². The molecule has 0 bridgehead atoms. The Bertz CT molecular complexity index is 250. The van der Waals surface area contributed by atoms with E-state index in [9.17, 15) is 9.59 Å². The van der Waals surface area contributed by atoms with Crippen molar-refractivity contribution in [3.05, 3.63) is 0 Å². The number of nitrogens with zero attached hydrogens (tertiary/aromatic N) is 1. The van der Waals surface area contributed by atoms with E-state index in [1.54, 1.807) is 4.90 Å². The van der Waals surface area contributed by atoms with Gasteiger partial charge in [-0.1, -0.05) is 0 Å². The van der Waals surface area contributed by atoms with Gasteiger partial charge in [-0.05, 0) is 6.42 Å². The molecule has 2 fully saturated rings. The number of rotatable bonds is 3. The highest BCUT2D eigenvalue weighted by Gasteiger charge is 2.24. The zero-order chi connectivity index (χ0) is 9.97. The molecule has 0 saturated carbocycles. The van der Waals surface area contributed by atoms with Crippen LogP contribution in [0, 0.1) is 0 Å². The van der Waals surface area contributed by atoms with E-state index < -0.39 is 0 Å². The quantitative estimate of drug-likeness (QED) is 0.591. The maximum Gasteiger partial charge on any atom is 0.239 e. The summed E-state index contributed by atoms with van der Waals surface area (Å²) in [6.45, 7) is 2.66. The van der Waals surface area contributed by atoms with Gasteiger partial charge in [-0.25, -0.2) is 0 Å². The maximum absolute atomic E-state index is 11.4. The molecular weight excluding hydrogens is 182 g/mol. The summed E-state index contributed by atoms with van der Waals surface area (Å²) in [5.74, 6) is 0.0682. The van der Waals surface area contributed by atoms with E-state index in [2.05, 4.69) is 10.6 Å². The van der Waals surface area contributed by atoms with Gasteiger partial charge in [-0.3, -0.25) is 9.59 Å². The minimum atomic E-state index is -0.0354. The zero-order valence-electron chi connectivity index (χ0n) is 8.08. The topological polar surface area (TPSA) is 61.4 Å². The molecular formula is C9H15N3O2. The fraction of sp³-hybridized carbons (Fsp3) is 0.778. The van der Waals surface area contributed by atoms with Crippen LogP contribution in [0.2, 0.25) is 0 Å². The van der Waals surface area contributed by atoms with Gasteiger partial charge >= 0.3 is 0 Å². The summed E-state index contributed by atoms with van der Waals surface area (Å²) in [4.78, 5) is 24.3. The molecule has 5 heteroatoms. The highest BCUT2D eigenvalue weighted by atomic mass is 16.2. The second-order valence-electron chi connectivity index (χ2n) is 3.84. The molecule has 78 valence electrons. The van der Waals surface area contributed by atoms with E-state index in [0.717, 1.165) is 26.1 Å². The summed E-state index contributed by atoms with van der Waals surface area (Å²) in [5.41, 5.74) is 0. The van der Waals surface area contributed by atoms with Crippen LogP contribution in [0.5, 0.6) is 0 Å². The van der Waals surface area contributed by atoms with Crippen molar-refractivity contribution in [2.45, 2.75) is 18.9 Å². The molecule has 2 aliphatic heterocycles. The van der Waals surface area contributed by atoms with Crippen molar-refractivity contribution >= 4 is 11.8 Å². The largest absolute Gasteiger partial charge is 0.349 e. The van der Waals surface area contributed by atoms with Crippen LogP contribution in [0.1, 0.15) is 12.8 Å². The lowest BCUT2D eigenvalue weighted by molar-refractivity contribution is -0.133. The Hall–Kier alpha value is -1.10. The third-order valence-electron chi connectivity index (χ3n) is 2.65. The Morgan fingerprint density at radius 2 is 2.36 bits per heavy atom. The average Bonchev–Trinajstić information content (AvgIpc) is 2.45. The highest BCUT2D eigenvalue weighted by Crippen LogP contribution is 2.08. The minimum absolute atomic E-state index is 0.0354. The summed E-state index contributed by atoms with van der Waals surface area (Å²) >= 11 is 0. The van der Waals surface area contributed by atoms with Crippen LogP contribution in [0.3, 0.4) is 0 Å². The van der Waals surface area contributed by atoms with Crippen molar-refractivity contribution in [3.8, 4) is 0 Å². The molecule has 5 nitrogen and oxygen atoms in total. The van der Waals surface area contributed by atoms with E-state index in [-0.39, 0.29) is 24.4 Å². The molecule has 2 rings (SSSR count). The molecule has 0 aromatic heterocycles. The molecule has 0 spiro atoms. The molecule has 0 unspecified atom stereocenters. The van der Waals surface area contributed by atoms with Crippen molar-refractivity contribution in [1.29, 1.82) is 0 Å². The summed E-state index contributed by atoms with van der Waals surface area (Å²) < 4.78 is 0. The van der Waals surface area contributed by atoms with Gasteiger partial charge in [-0.2, -0.15) is 0 Å². The maximum atomic E-state index is 11.4. The summed E-state index contributed by atoms with van der Waals surface area (Å²) in [5, 5.41) is 5.94. The van der Waals surface area contributed by atoms with Gasteiger partial charge in [0.15, 0.2) is 0 Å². The lowest BCUT2D eigenvalue weighted by Gasteiger charge is -2.28. The van der Waals surface area contributed by atoms with Crippen molar-refractivity contribution in [2.75, 3.05) is 26.2 Å². The van der Waals surface area contributed by atoms with Crippen LogP contribution >= 0.6 is 0 Å². The van der Waals surface area contributed by atoms with E-state index in [1.165, 1.54) is 0 Å². The fourth-order valence-corrected chi connectivity index (χ4v) is 1.71. The van der Waals surface area contributed by atoms with Crippen LogP contribution in [-0.4, -0.2) is 48.9 Å². The van der Waals surface area contributed by atoms with Crippen LogP contribution in [-0.2, 0) is 9.59 Å². The van der Waals surface area contributed by atoms with Gasteiger partial charge in [-0.15, -0.1) is 0 Å². The van der Waals surface area contributed by atoms with Crippen LogP contribution in [0.15, 0.2) is 0 Å². The Morgan fingerprint density at radius 3 is 2.86 bits per heavy atom. The van der Waals surface area contributed by atoms with Gasteiger partial charge in [0, 0.05) is 26.1 Å². The number of carbonyl (C=O) groups excluding carboxylic acids is 2. The number of likely N-dealkylation sites (tertiary alicyclic amines) is 1. The zero-order valence-corrected chi connectivity index (χ0v) is 8.08. The first-order valence-electron chi connectivity index (χ1n) is 5.03. The first-order chi connectivity index (χ1) is 6.75. The van der Waals surface area contributed by atoms with Gasteiger partial charge < -0.3 is 15.5 Å². The predicted molar refractivity (Wildman–Crippen MR) is 50.6 cm³/mol. The number of amides is 2. The molecule has 0 atom stereocenters. The molecule has 0 aromatic carbocycles. The molecule has 0 aliphatic carbocycles. The van der Waals surface area contributed by atoms with E-state index >= 15 is 0 Å². The summed E-state index contributed by atoms with van der Waals surface area (Å²) in [6.07, 6.45) is 1.48. The second kappa shape index (κ2) is 3.96. The first kappa shape index (κ1) is 9.45. The van der Waals surface area contributed by atoms with Crippen molar-refractivity contribution in [2.24, 2.45) is 0 Å². The Labute approximate surface area is 82.8 Å². The molecule has 2 aliphatic rings. The average molecular weight is 197 g/mol. The summed E-state index contributed by atoms with van der Waals surface area (Å²) in [6, 6.07) is 0.264. The third kappa shape index (κ3) is 2.04. The van der Waals surface area contributed by atoms with Crippen LogP contribution < -0.4 is 10.6 Å². The number of hydrogen-bond acceptors (Lipinski definition) is 3. The predicted octanol–water partition coefficient (Wildman–Crippen LogP) is -1.30. The van der Waals surface area contributed by atoms with Crippen LogP contribution in [0.4, 0.5) is 0 Å². The molecule has 2 heterocycles. The lowest BCUT2D eigenvalue weighted by Crippen LogP contribution is -2.58. The molecule has 2 amide bonds. The third-order valence-corrected chi connectivity index (χ3v) is 2.65. The molecule has 2 saturated heterocycles. The van der Waals surface area contributed by atoms with Gasteiger partial charge in [0.25, 0.3) is 0 Å². The molecule has 0 radical (unpaired) electrons. The standard InChI is InChI=1S/C9H15N3O2/c13-8(11-7-4-10-5-7)6-12-3-1-2-9(12)14/h7,10H,1-6H2,(H,11,13). The molecule has 2 N–H and O–H groups in total. The van der Waals surface area contributed by atoms with Gasteiger partial charge in [0.2, 0.25) is 11.8 Å². The normalized spacial score (nSPS) is 22.3. The number of carbonyl (C=O) groups is 2. The lowest BCUT2D eigenvalue weighted by atomic mass is 10.2. The monoisotopic (exact) mass is 197 g/mol. The SMILES string of the molecule is O=C(CN1CCCC1=O)NC1CNC1. The molecule has 14 heavy (non-hydrogen) atoms. The smallest absolute Gasteiger partial charge is 0.239 e. The van der Waals surface area contributed by atoms with E-state index in [0.29, 0.717) is 6.42 Å². The van der Waals surface area contributed by atoms with Crippen molar-refractivity contribution in [3.63, 3.8) is 0 Å². The second-order valence-corrected chi connectivity index (χ2v) is 3.84. The van der Waals surface area contributed by atoms with Crippen molar-refractivity contribution < 1.29 is 9.59 Å². The first-order valence-corrected chi connectivity index (χ1v) is 5.03. The summed E-state index contributed by atoms with van der Waals surface area (Å²) in [7, 11) is 0. The Morgan fingerprint density at radius 1 is 1.57 bits per heavy atom. The molecule has 0 aromatic rings. The van der Waals surface area contributed by atoms with Gasteiger partial charge in [0.05, 0.1) is 12.6 Å². The highest BCUT2D eigenvalue weighted by molar-refractivity contribution is 5.86. The number of hydrogen-bond donors (Lipinski definition) is 2. The Balaban J connectivity index is 1.73. The minimum Gasteiger partial charge on any atom is -0.349 e.